The number of piperidine rings is 1. The van der Waals surface area contributed by atoms with Crippen LogP contribution in [0.4, 0.5) is 0 Å². The molecule has 0 radical (unpaired) electrons. The van der Waals surface area contributed by atoms with E-state index in [0.717, 1.165) is 56.8 Å². The van der Waals surface area contributed by atoms with Crippen LogP contribution in [0.3, 0.4) is 0 Å². The van der Waals surface area contributed by atoms with E-state index in [1.807, 2.05) is 18.0 Å². The molecular weight excluding hydrogens is 348 g/mol. The van der Waals surface area contributed by atoms with E-state index < -0.39 is 0 Å². The van der Waals surface area contributed by atoms with Crippen LogP contribution in [0.15, 0.2) is 30.5 Å². The quantitative estimate of drug-likeness (QED) is 0.822. The van der Waals surface area contributed by atoms with E-state index in [-0.39, 0.29) is 11.8 Å². The molecule has 148 valence electrons. The monoisotopic (exact) mass is 378 g/mol. The van der Waals surface area contributed by atoms with Crippen molar-refractivity contribution in [1.82, 2.24) is 19.8 Å². The van der Waals surface area contributed by atoms with Crippen LogP contribution in [0.25, 0.3) is 0 Å². The number of carbonyl (C=O) groups excluding carboxylic acids is 1. The Hall–Kier alpha value is -2.27. The highest BCUT2D eigenvalue weighted by Crippen LogP contribution is 2.29. The minimum absolute atomic E-state index is 0.0888. The number of carbonyl (C=O) groups is 1. The van der Waals surface area contributed by atoms with Gasteiger partial charge < -0.3 is 9.80 Å². The summed E-state index contributed by atoms with van der Waals surface area (Å²) in [6.07, 6.45) is 4.92. The van der Waals surface area contributed by atoms with Crippen LogP contribution in [0.2, 0.25) is 0 Å². The summed E-state index contributed by atoms with van der Waals surface area (Å²) in [6, 6.07) is 8.30. The second kappa shape index (κ2) is 8.00. The fourth-order valence-corrected chi connectivity index (χ4v) is 4.30. The van der Waals surface area contributed by atoms with Crippen LogP contribution in [-0.2, 0) is 17.8 Å². The van der Waals surface area contributed by atoms with Crippen molar-refractivity contribution in [2.75, 3.05) is 26.7 Å². The third kappa shape index (κ3) is 3.95. The number of likely N-dealkylation sites (N-methyl/N-ethyl adjacent to an activating group) is 1. The van der Waals surface area contributed by atoms with E-state index in [9.17, 15) is 4.79 Å². The number of hydrogen-bond donors (Lipinski definition) is 0. The topological polar surface area (TPSA) is 49.3 Å². The highest BCUT2D eigenvalue weighted by Gasteiger charge is 2.29. The lowest BCUT2D eigenvalue weighted by molar-refractivity contribution is -0.133. The molecule has 0 spiro atoms. The summed E-state index contributed by atoms with van der Waals surface area (Å²) in [5.74, 6) is 1.48. The standard InChI is InChI=1S/C23H30N4O/c1-16-4-6-18(7-5-16)17(2)23(28)27-12-8-19(9-13-27)22-24-14-20-15-26(3)11-10-21(20)25-22/h4-7,14,17,19H,8-13,15H2,1-3H3. The van der Waals surface area contributed by atoms with Crippen molar-refractivity contribution in [3.63, 3.8) is 0 Å². The van der Waals surface area contributed by atoms with Crippen molar-refractivity contribution < 1.29 is 4.79 Å². The Morgan fingerprint density at radius 2 is 1.86 bits per heavy atom. The highest BCUT2D eigenvalue weighted by atomic mass is 16.2. The first-order valence-corrected chi connectivity index (χ1v) is 10.4. The zero-order chi connectivity index (χ0) is 19.7. The van der Waals surface area contributed by atoms with Crippen LogP contribution in [0, 0.1) is 6.92 Å². The molecule has 2 aromatic rings. The van der Waals surface area contributed by atoms with Gasteiger partial charge in [-0.3, -0.25) is 4.79 Å². The minimum atomic E-state index is -0.0888. The van der Waals surface area contributed by atoms with E-state index in [4.69, 9.17) is 4.98 Å². The molecule has 4 rings (SSSR count). The molecule has 1 aromatic carbocycles. The van der Waals surface area contributed by atoms with E-state index in [2.05, 4.69) is 48.1 Å². The van der Waals surface area contributed by atoms with E-state index in [1.165, 1.54) is 16.8 Å². The van der Waals surface area contributed by atoms with E-state index in [0.29, 0.717) is 5.92 Å². The summed E-state index contributed by atoms with van der Waals surface area (Å²) in [6.45, 7) is 7.68. The number of fused-ring (bicyclic) bond motifs is 1. The lowest BCUT2D eigenvalue weighted by Gasteiger charge is -2.33. The van der Waals surface area contributed by atoms with Crippen LogP contribution < -0.4 is 0 Å². The minimum Gasteiger partial charge on any atom is -0.342 e. The Balaban J connectivity index is 1.38. The van der Waals surface area contributed by atoms with Gasteiger partial charge in [0, 0.05) is 56.0 Å². The average molecular weight is 379 g/mol. The Labute approximate surface area is 167 Å². The van der Waals surface area contributed by atoms with Gasteiger partial charge in [0.25, 0.3) is 0 Å². The van der Waals surface area contributed by atoms with Crippen molar-refractivity contribution in [1.29, 1.82) is 0 Å². The van der Waals surface area contributed by atoms with Gasteiger partial charge >= 0.3 is 0 Å². The SMILES string of the molecule is Cc1ccc(C(C)C(=O)N2CCC(c3ncc4c(n3)CCN(C)C4)CC2)cc1. The summed E-state index contributed by atoms with van der Waals surface area (Å²) in [5.41, 5.74) is 4.80. The number of aromatic nitrogens is 2. The molecule has 2 aliphatic heterocycles. The van der Waals surface area contributed by atoms with Crippen molar-refractivity contribution in [3.05, 3.63) is 58.7 Å². The largest absolute Gasteiger partial charge is 0.342 e. The smallest absolute Gasteiger partial charge is 0.229 e. The maximum absolute atomic E-state index is 12.9. The molecule has 1 unspecified atom stereocenters. The van der Waals surface area contributed by atoms with Crippen LogP contribution in [-0.4, -0.2) is 52.4 Å². The number of amides is 1. The lowest BCUT2D eigenvalue weighted by atomic mass is 9.93. The number of likely N-dealkylation sites (tertiary alicyclic amines) is 1. The molecule has 1 fully saturated rings. The Kier molecular flexibility index (Phi) is 5.44. The van der Waals surface area contributed by atoms with Gasteiger partial charge in [-0.25, -0.2) is 9.97 Å². The van der Waals surface area contributed by atoms with Gasteiger partial charge in [0.1, 0.15) is 5.82 Å². The van der Waals surface area contributed by atoms with E-state index in [1.54, 1.807) is 0 Å². The normalized spacial score (nSPS) is 19.3. The number of benzene rings is 1. The Morgan fingerprint density at radius 1 is 1.14 bits per heavy atom. The summed E-state index contributed by atoms with van der Waals surface area (Å²) in [5, 5.41) is 0. The molecule has 0 aliphatic carbocycles. The van der Waals surface area contributed by atoms with Crippen molar-refractivity contribution in [3.8, 4) is 0 Å². The number of nitrogens with zero attached hydrogens (tertiary/aromatic N) is 4. The Morgan fingerprint density at radius 3 is 2.57 bits per heavy atom. The summed E-state index contributed by atoms with van der Waals surface area (Å²) in [4.78, 5) is 26.8. The first-order valence-electron chi connectivity index (χ1n) is 10.4. The van der Waals surface area contributed by atoms with Crippen LogP contribution in [0.1, 0.15) is 59.8 Å². The second-order valence-corrected chi connectivity index (χ2v) is 8.42. The number of hydrogen-bond acceptors (Lipinski definition) is 4. The number of rotatable bonds is 3. The van der Waals surface area contributed by atoms with Crippen molar-refractivity contribution >= 4 is 5.91 Å². The van der Waals surface area contributed by atoms with Crippen LogP contribution >= 0.6 is 0 Å². The Bertz CT molecular complexity index is 840. The molecule has 1 atom stereocenters. The van der Waals surface area contributed by atoms with Gasteiger partial charge in [0.05, 0.1) is 5.92 Å². The van der Waals surface area contributed by atoms with Gasteiger partial charge in [-0.2, -0.15) is 0 Å². The van der Waals surface area contributed by atoms with Gasteiger partial charge in [0.2, 0.25) is 5.91 Å². The molecular formula is C23H30N4O. The maximum Gasteiger partial charge on any atom is 0.229 e. The van der Waals surface area contributed by atoms with Crippen molar-refractivity contribution in [2.24, 2.45) is 0 Å². The molecule has 1 amide bonds. The summed E-state index contributed by atoms with van der Waals surface area (Å²) in [7, 11) is 2.14. The molecule has 5 nitrogen and oxygen atoms in total. The fraction of sp³-hybridized carbons (Fsp3) is 0.522. The highest BCUT2D eigenvalue weighted by molar-refractivity contribution is 5.83. The average Bonchev–Trinajstić information content (AvgIpc) is 2.73. The maximum atomic E-state index is 12.9. The third-order valence-corrected chi connectivity index (χ3v) is 6.26. The molecule has 1 aromatic heterocycles. The molecule has 0 saturated carbocycles. The van der Waals surface area contributed by atoms with Gasteiger partial charge in [-0.05, 0) is 39.3 Å². The predicted octanol–water partition coefficient (Wildman–Crippen LogP) is 3.28. The fourth-order valence-electron chi connectivity index (χ4n) is 4.30. The zero-order valence-corrected chi connectivity index (χ0v) is 17.2. The molecule has 0 N–H and O–H groups in total. The second-order valence-electron chi connectivity index (χ2n) is 8.42. The third-order valence-electron chi connectivity index (χ3n) is 6.26. The molecule has 28 heavy (non-hydrogen) atoms. The van der Waals surface area contributed by atoms with Crippen LogP contribution in [0.5, 0.6) is 0 Å². The van der Waals surface area contributed by atoms with Gasteiger partial charge in [-0.15, -0.1) is 0 Å². The first kappa shape index (κ1) is 19.1. The number of aryl methyl sites for hydroxylation is 1. The van der Waals surface area contributed by atoms with Crippen molar-refractivity contribution in [2.45, 2.75) is 51.5 Å². The van der Waals surface area contributed by atoms with E-state index >= 15 is 0 Å². The molecule has 5 heteroatoms. The summed E-state index contributed by atoms with van der Waals surface area (Å²) < 4.78 is 0. The first-order chi connectivity index (χ1) is 13.5. The molecule has 2 aliphatic rings. The summed E-state index contributed by atoms with van der Waals surface area (Å²) >= 11 is 0. The molecule has 3 heterocycles. The zero-order valence-electron chi connectivity index (χ0n) is 17.2. The molecule has 1 saturated heterocycles. The lowest BCUT2D eigenvalue weighted by Crippen LogP contribution is -2.40. The van der Waals surface area contributed by atoms with Gasteiger partial charge in [-0.1, -0.05) is 29.8 Å². The predicted molar refractivity (Wildman–Crippen MR) is 110 cm³/mol. The molecule has 0 bridgehead atoms. The van der Waals surface area contributed by atoms with Gasteiger partial charge in [0.15, 0.2) is 0 Å².